The minimum absolute atomic E-state index is 0.0633. The first kappa shape index (κ1) is 34.3. The molecule has 11 rings (SSSR count). The number of rotatable bonds is 7. The number of fused-ring (bicyclic) bond motifs is 6. The largest absolute Gasteiger partial charge is 0.309 e. The van der Waals surface area contributed by atoms with Crippen LogP contribution in [0.1, 0.15) is 36.8 Å². The first-order chi connectivity index (χ1) is 28.8. The maximum atomic E-state index is 2.56. The monoisotopic (exact) mass is 741 g/mol. The molecule has 1 saturated carbocycles. The van der Waals surface area contributed by atoms with Gasteiger partial charge in [-0.05, 0) is 110 Å². The Morgan fingerprint density at radius 1 is 0.328 bits per heavy atom. The lowest BCUT2D eigenvalue weighted by molar-refractivity contribution is 0.550. The fourth-order valence-corrected chi connectivity index (χ4v) is 10.2. The van der Waals surface area contributed by atoms with Crippen LogP contribution in [0.25, 0.3) is 66.4 Å². The van der Waals surface area contributed by atoms with Gasteiger partial charge in [-0.25, -0.2) is 0 Å². The predicted molar refractivity (Wildman–Crippen MR) is 245 cm³/mol. The van der Waals surface area contributed by atoms with Gasteiger partial charge < -0.3 is 4.90 Å². The summed E-state index contributed by atoms with van der Waals surface area (Å²) < 4.78 is 0. The summed E-state index contributed by atoms with van der Waals surface area (Å²) in [6.07, 6.45) is 4.92. The van der Waals surface area contributed by atoms with Crippen LogP contribution in [0, 0.1) is 0 Å². The van der Waals surface area contributed by atoms with Gasteiger partial charge in [-0.2, -0.15) is 0 Å². The highest BCUT2D eigenvalue weighted by Gasteiger charge is 2.46. The van der Waals surface area contributed by atoms with Crippen LogP contribution in [0.15, 0.2) is 212 Å². The SMILES string of the molecule is c1ccc(-c2ccccc2-c2ccccc2-c2ccccc2N(c2cccc(-c3ccc4ccccc4c3)c2)c2cccc3c2-c2ccccc2C32CCCC2)cc1. The summed E-state index contributed by atoms with van der Waals surface area (Å²) in [6.45, 7) is 0. The Morgan fingerprint density at radius 3 is 1.66 bits per heavy atom. The van der Waals surface area contributed by atoms with E-state index in [1.165, 1.54) is 109 Å². The average molecular weight is 742 g/mol. The van der Waals surface area contributed by atoms with Crippen molar-refractivity contribution in [2.75, 3.05) is 4.90 Å². The third-order valence-electron chi connectivity index (χ3n) is 12.8. The van der Waals surface area contributed by atoms with E-state index in [4.69, 9.17) is 0 Å². The zero-order valence-corrected chi connectivity index (χ0v) is 32.5. The van der Waals surface area contributed by atoms with Crippen LogP contribution in [0.2, 0.25) is 0 Å². The molecule has 0 amide bonds. The summed E-state index contributed by atoms with van der Waals surface area (Å²) in [4.78, 5) is 2.56. The second-order valence-corrected chi connectivity index (χ2v) is 16.0. The van der Waals surface area contributed by atoms with Crippen molar-refractivity contribution >= 4 is 27.8 Å². The molecule has 0 aromatic heterocycles. The molecule has 0 radical (unpaired) electrons. The summed E-state index contributed by atoms with van der Waals surface area (Å²) in [5, 5.41) is 2.50. The molecule has 0 bridgehead atoms. The lowest BCUT2D eigenvalue weighted by atomic mass is 9.77. The molecule has 1 spiro atoms. The molecule has 0 unspecified atom stereocenters. The average Bonchev–Trinajstić information content (AvgIpc) is 3.91. The Hall–Kier alpha value is -6.96. The van der Waals surface area contributed by atoms with Crippen molar-refractivity contribution in [3.8, 4) is 55.6 Å². The fourth-order valence-electron chi connectivity index (χ4n) is 10.2. The number of hydrogen-bond acceptors (Lipinski definition) is 1. The molecule has 1 heteroatoms. The third kappa shape index (κ3) is 5.61. The van der Waals surface area contributed by atoms with E-state index in [2.05, 4.69) is 217 Å². The van der Waals surface area contributed by atoms with Gasteiger partial charge in [0.1, 0.15) is 0 Å². The standard InChI is InChI=1S/C57H43N/c1-2-19-41(20-3-1)46-24-6-7-25-47(46)48-26-8-9-27-49(48)50-28-11-13-32-54(50)58(45-23-16-22-43(39-45)44-35-34-40-18-4-5-21-42(40)38-44)55-33-17-31-53-56(55)51-29-10-12-30-52(51)57(53)36-14-15-37-57/h1-13,16-35,38-39H,14-15,36-37H2. The Bertz CT molecular complexity index is 2970. The quantitative estimate of drug-likeness (QED) is 0.157. The third-order valence-corrected chi connectivity index (χ3v) is 12.8. The summed E-state index contributed by atoms with van der Waals surface area (Å²) in [5.41, 5.74) is 19.0. The molecule has 9 aromatic rings. The Labute approximate surface area is 341 Å². The first-order valence-electron chi connectivity index (χ1n) is 20.7. The van der Waals surface area contributed by atoms with Crippen LogP contribution in [0.5, 0.6) is 0 Å². The Balaban J connectivity index is 1.16. The van der Waals surface area contributed by atoms with Gasteiger partial charge in [0.25, 0.3) is 0 Å². The molecule has 1 fully saturated rings. The van der Waals surface area contributed by atoms with Crippen molar-refractivity contribution in [1.82, 2.24) is 0 Å². The van der Waals surface area contributed by atoms with Crippen LogP contribution < -0.4 is 4.90 Å². The van der Waals surface area contributed by atoms with Crippen molar-refractivity contribution in [3.05, 3.63) is 223 Å². The van der Waals surface area contributed by atoms with Crippen LogP contribution in [-0.4, -0.2) is 0 Å². The molecule has 0 saturated heterocycles. The second-order valence-electron chi connectivity index (χ2n) is 16.0. The van der Waals surface area contributed by atoms with Gasteiger partial charge in [0.2, 0.25) is 0 Å². The van der Waals surface area contributed by atoms with E-state index in [9.17, 15) is 0 Å². The van der Waals surface area contributed by atoms with Gasteiger partial charge in [0.05, 0.1) is 11.4 Å². The van der Waals surface area contributed by atoms with Crippen molar-refractivity contribution in [3.63, 3.8) is 0 Å². The van der Waals surface area contributed by atoms with E-state index in [0.717, 1.165) is 11.4 Å². The molecule has 2 aliphatic carbocycles. The van der Waals surface area contributed by atoms with E-state index in [1.807, 2.05) is 0 Å². The Morgan fingerprint density at radius 2 is 0.862 bits per heavy atom. The molecule has 0 heterocycles. The smallest absolute Gasteiger partial charge is 0.0543 e. The van der Waals surface area contributed by atoms with Crippen molar-refractivity contribution in [2.24, 2.45) is 0 Å². The number of para-hydroxylation sites is 1. The minimum atomic E-state index is 0.0633. The highest BCUT2D eigenvalue weighted by molar-refractivity contribution is 6.01. The fraction of sp³-hybridized carbons (Fsp3) is 0.0877. The summed E-state index contributed by atoms with van der Waals surface area (Å²) in [6, 6.07) is 78.6. The Kier molecular flexibility index (Phi) is 8.40. The highest BCUT2D eigenvalue weighted by Crippen LogP contribution is 2.60. The van der Waals surface area contributed by atoms with Crippen LogP contribution in [0.3, 0.4) is 0 Å². The summed E-state index contributed by atoms with van der Waals surface area (Å²) in [5.74, 6) is 0. The van der Waals surface area contributed by atoms with Gasteiger partial charge in [-0.1, -0.05) is 195 Å². The van der Waals surface area contributed by atoms with Gasteiger partial charge in [-0.15, -0.1) is 0 Å². The van der Waals surface area contributed by atoms with Crippen LogP contribution in [-0.2, 0) is 5.41 Å². The lowest BCUT2D eigenvalue weighted by Crippen LogP contribution is -2.20. The van der Waals surface area contributed by atoms with E-state index < -0.39 is 0 Å². The zero-order chi connectivity index (χ0) is 38.5. The minimum Gasteiger partial charge on any atom is -0.309 e. The molecule has 0 aliphatic heterocycles. The molecular weight excluding hydrogens is 699 g/mol. The zero-order valence-electron chi connectivity index (χ0n) is 32.5. The van der Waals surface area contributed by atoms with Crippen molar-refractivity contribution < 1.29 is 0 Å². The van der Waals surface area contributed by atoms with Crippen LogP contribution >= 0.6 is 0 Å². The number of benzene rings is 9. The van der Waals surface area contributed by atoms with E-state index in [1.54, 1.807) is 0 Å². The van der Waals surface area contributed by atoms with Crippen molar-refractivity contribution in [2.45, 2.75) is 31.1 Å². The van der Waals surface area contributed by atoms with Gasteiger partial charge in [0, 0.05) is 22.2 Å². The molecule has 58 heavy (non-hydrogen) atoms. The lowest BCUT2D eigenvalue weighted by Gasteiger charge is -2.31. The molecule has 1 nitrogen and oxygen atoms in total. The predicted octanol–water partition coefficient (Wildman–Crippen LogP) is 15.8. The normalized spacial score (nSPS) is 13.7. The molecule has 9 aromatic carbocycles. The first-order valence-corrected chi connectivity index (χ1v) is 20.7. The van der Waals surface area contributed by atoms with E-state index in [-0.39, 0.29) is 5.41 Å². The summed E-state index contributed by atoms with van der Waals surface area (Å²) in [7, 11) is 0. The summed E-state index contributed by atoms with van der Waals surface area (Å²) >= 11 is 0. The molecule has 0 N–H and O–H groups in total. The maximum Gasteiger partial charge on any atom is 0.0543 e. The van der Waals surface area contributed by atoms with Gasteiger partial charge >= 0.3 is 0 Å². The molecule has 2 aliphatic rings. The molecular formula is C57H43N. The number of hydrogen-bond donors (Lipinski definition) is 0. The van der Waals surface area contributed by atoms with Gasteiger partial charge in [0.15, 0.2) is 0 Å². The van der Waals surface area contributed by atoms with E-state index in [0.29, 0.717) is 0 Å². The highest BCUT2D eigenvalue weighted by atomic mass is 15.1. The van der Waals surface area contributed by atoms with Gasteiger partial charge in [-0.3, -0.25) is 0 Å². The van der Waals surface area contributed by atoms with Crippen LogP contribution in [0.4, 0.5) is 17.1 Å². The number of nitrogens with zero attached hydrogens (tertiary/aromatic N) is 1. The number of anilines is 3. The van der Waals surface area contributed by atoms with Crippen molar-refractivity contribution in [1.29, 1.82) is 0 Å². The molecule has 0 atom stereocenters. The maximum absolute atomic E-state index is 2.56. The van der Waals surface area contributed by atoms with E-state index >= 15 is 0 Å². The second kappa shape index (κ2) is 14.2. The topological polar surface area (TPSA) is 3.24 Å². The molecule has 276 valence electrons.